The minimum absolute atomic E-state index is 0.428. The lowest BCUT2D eigenvalue weighted by Crippen LogP contribution is -2.36. The van der Waals surface area contributed by atoms with Crippen LogP contribution in [0.1, 0.15) is 16.7 Å². The van der Waals surface area contributed by atoms with E-state index in [4.69, 9.17) is 4.74 Å². The van der Waals surface area contributed by atoms with Crippen LogP contribution in [0.5, 0.6) is 5.75 Å². The molecule has 4 aromatic carbocycles. The molecule has 0 fully saturated rings. The van der Waals surface area contributed by atoms with Gasteiger partial charge in [-0.15, -0.1) is 0 Å². The first-order chi connectivity index (χ1) is 13.8. The molecule has 1 N–H and O–H groups in total. The van der Waals surface area contributed by atoms with Gasteiger partial charge in [-0.2, -0.15) is 0 Å². The molecule has 2 nitrogen and oxygen atoms in total. The largest absolute Gasteiger partial charge is 0.497 e. The standard InChI is InChI=1S/C26H21NO/c1-28-22-14-12-21(13-15-22)26(20-8-3-2-4-9-20)18-17-24-23-10-6-5-7-19(23)11-16-25(24)27-26/h2-18,27H,1H3. The van der Waals surface area contributed by atoms with Gasteiger partial charge in [0.05, 0.1) is 7.11 Å². The molecule has 1 heterocycles. The van der Waals surface area contributed by atoms with Crippen LogP contribution in [0.15, 0.2) is 97.1 Å². The van der Waals surface area contributed by atoms with Crippen molar-refractivity contribution in [3.63, 3.8) is 0 Å². The maximum atomic E-state index is 5.36. The summed E-state index contributed by atoms with van der Waals surface area (Å²) in [6, 6.07) is 31.8. The molecule has 0 saturated heterocycles. The van der Waals surface area contributed by atoms with E-state index in [0.717, 1.165) is 11.4 Å². The summed E-state index contributed by atoms with van der Waals surface area (Å²) in [7, 11) is 1.70. The molecule has 0 aliphatic carbocycles. The maximum Gasteiger partial charge on any atom is 0.118 e. The zero-order chi connectivity index (χ0) is 19.0. The zero-order valence-corrected chi connectivity index (χ0v) is 15.7. The van der Waals surface area contributed by atoms with Crippen molar-refractivity contribution in [2.45, 2.75) is 5.54 Å². The van der Waals surface area contributed by atoms with Crippen molar-refractivity contribution in [1.82, 2.24) is 0 Å². The van der Waals surface area contributed by atoms with E-state index in [9.17, 15) is 0 Å². The van der Waals surface area contributed by atoms with E-state index in [-0.39, 0.29) is 0 Å². The summed E-state index contributed by atoms with van der Waals surface area (Å²) < 4.78 is 5.36. The highest BCUT2D eigenvalue weighted by molar-refractivity contribution is 5.97. The minimum atomic E-state index is -0.428. The summed E-state index contributed by atoms with van der Waals surface area (Å²) >= 11 is 0. The third-order valence-corrected chi connectivity index (χ3v) is 5.58. The summed E-state index contributed by atoms with van der Waals surface area (Å²) in [5.74, 6) is 0.859. The molecule has 0 bridgehead atoms. The quantitative estimate of drug-likeness (QED) is 0.466. The van der Waals surface area contributed by atoms with Gasteiger partial charge in [-0.3, -0.25) is 0 Å². The molecule has 0 aromatic heterocycles. The second-order valence-electron chi connectivity index (χ2n) is 7.11. The molecule has 0 saturated carbocycles. The lowest BCUT2D eigenvalue weighted by molar-refractivity contribution is 0.414. The topological polar surface area (TPSA) is 21.3 Å². The van der Waals surface area contributed by atoms with Gasteiger partial charge >= 0.3 is 0 Å². The molecular weight excluding hydrogens is 342 g/mol. The Hall–Kier alpha value is -3.52. The van der Waals surface area contributed by atoms with Crippen LogP contribution in [-0.4, -0.2) is 7.11 Å². The third-order valence-electron chi connectivity index (χ3n) is 5.58. The van der Waals surface area contributed by atoms with Gasteiger partial charge in [0.15, 0.2) is 0 Å². The van der Waals surface area contributed by atoms with E-state index in [1.54, 1.807) is 7.11 Å². The second kappa shape index (κ2) is 6.58. The predicted octanol–water partition coefficient (Wildman–Crippen LogP) is 6.23. The highest BCUT2D eigenvalue weighted by atomic mass is 16.5. The molecule has 4 aromatic rings. The Morgan fingerprint density at radius 2 is 1.43 bits per heavy atom. The smallest absolute Gasteiger partial charge is 0.118 e. The van der Waals surface area contributed by atoms with Crippen molar-refractivity contribution in [2.75, 3.05) is 12.4 Å². The van der Waals surface area contributed by atoms with Crippen LogP contribution in [-0.2, 0) is 5.54 Å². The van der Waals surface area contributed by atoms with Gasteiger partial charge in [0.1, 0.15) is 11.3 Å². The number of hydrogen-bond donors (Lipinski definition) is 1. The van der Waals surface area contributed by atoms with Crippen LogP contribution in [0.2, 0.25) is 0 Å². The first-order valence-corrected chi connectivity index (χ1v) is 9.49. The lowest BCUT2D eigenvalue weighted by Gasteiger charge is -2.38. The Morgan fingerprint density at radius 3 is 2.21 bits per heavy atom. The van der Waals surface area contributed by atoms with Crippen LogP contribution >= 0.6 is 0 Å². The van der Waals surface area contributed by atoms with E-state index >= 15 is 0 Å². The number of methoxy groups -OCH3 is 1. The third kappa shape index (κ3) is 2.57. The fraction of sp³-hybridized carbons (Fsp3) is 0.0769. The van der Waals surface area contributed by atoms with Gasteiger partial charge in [-0.05, 0) is 46.2 Å². The molecule has 0 amide bonds. The predicted molar refractivity (Wildman–Crippen MR) is 117 cm³/mol. The number of hydrogen-bond acceptors (Lipinski definition) is 2. The molecule has 1 unspecified atom stereocenters. The summed E-state index contributed by atoms with van der Waals surface area (Å²) in [5.41, 5.74) is 4.33. The van der Waals surface area contributed by atoms with Crippen molar-refractivity contribution in [3.05, 3.63) is 114 Å². The van der Waals surface area contributed by atoms with Crippen molar-refractivity contribution in [2.24, 2.45) is 0 Å². The Bertz CT molecular complexity index is 1160. The summed E-state index contributed by atoms with van der Waals surface area (Å²) in [6.45, 7) is 0. The molecular formula is C26H21NO. The average molecular weight is 363 g/mol. The van der Waals surface area contributed by atoms with E-state index < -0.39 is 5.54 Å². The molecule has 136 valence electrons. The Kier molecular flexibility index (Phi) is 3.91. The monoisotopic (exact) mass is 363 g/mol. The van der Waals surface area contributed by atoms with Crippen LogP contribution < -0.4 is 10.1 Å². The number of anilines is 1. The fourth-order valence-corrected chi connectivity index (χ4v) is 4.10. The SMILES string of the molecule is COc1ccc(C2(c3ccccc3)C=Cc3c(ccc4ccccc34)N2)cc1. The number of fused-ring (bicyclic) bond motifs is 3. The van der Waals surface area contributed by atoms with Crippen molar-refractivity contribution < 1.29 is 4.74 Å². The van der Waals surface area contributed by atoms with Gasteiger partial charge < -0.3 is 10.1 Å². The van der Waals surface area contributed by atoms with Crippen molar-refractivity contribution >= 4 is 22.5 Å². The van der Waals surface area contributed by atoms with E-state index in [1.807, 2.05) is 12.1 Å². The molecule has 1 atom stereocenters. The van der Waals surface area contributed by atoms with Crippen LogP contribution in [0.4, 0.5) is 5.69 Å². The fourth-order valence-electron chi connectivity index (χ4n) is 4.10. The highest BCUT2D eigenvalue weighted by Crippen LogP contribution is 2.42. The molecule has 1 aliphatic heterocycles. The normalized spacial score (nSPS) is 17.8. The molecule has 0 radical (unpaired) electrons. The first-order valence-electron chi connectivity index (χ1n) is 9.49. The van der Waals surface area contributed by atoms with Gasteiger partial charge in [0.25, 0.3) is 0 Å². The summed E-state index contributed by atoms with van der Waals surface area (Å²) in [6.07, 6.45) is 4.53. The van der Waals surface area contributed by atoms with E-state index in [2.05, 4.69) is 96.3 Å². The summed E-state index contributed by atoms with van der Waals surface area (Å²) in [4.78, 5) is 0. The van der Waals surface area contributed by atoms with Crippen molar-refractivity contribution in [1.29, 1.82) is 0 Å². The van der Waals surface area contributed by atoms with Crippen molar-refractivity contribution in [3.8, 4) is 5.75 Å². The Labute approximate surface area is 165 Å². The second-order valence-corrected chi connectivity index (χ2v) is 7.11. The lowest BCUT2D eigenvalue weighted by atomic mass is 9.79. The van der Waals surface area contributed by atoms with Crippen LogP contribution in [0, 0.1) is 0 Å². The van der Waals surface area contributed by atoms with Gasteiger partial charge in [-0.25, -0.2) is 0 Å². The van der Waals surface area contributed by atoms with Crippen LogP contribution in [0.25, 0.3) is 16.8 Å². The van der Waals surface area contributed by atoms with E-state index in [1.165, 1.54) is 27.5 Å². The zero-order valence-electron chi connectivity index (χ0n) is 15.7. The first kappa shape index (κ1) is 16.6. The number of benzene rings is 4. The number of rotatable bonds is 3. The summed E-state index contributed by atoms with van der Waals surface area (Å²) in [5, 5.41) is 6.36. The van der Waals surface area contributed by atoms with Crippen LogP contribution in [0.3, 0.4) is 0 Å². The molecule has 1 aliphatic rings. The Balaban J connectivity index is 1.71. The molecule has 5 rings (SSSR count). The molecule has 0 spiro atoms. The maximum absolute atomic E-state index is 5.36. The number of ether oxygens (including phenoxy) is 1. The average Bonchev–Trinajstić information content (AvgIpc) is 2.79. The number of nitrogens with one attached hydrogen (secondary N) is 1. The van der Waals surface area contributed by atoms with Gasteiger partial charge in [-0.1, -0.05) is 78.9 Å². The van der Waals surface area contributed by atoms with Gasteiger partial charge in [0, 0.05) is 11.3 Å². The van der Waals surface area contributed by atoms with E-state index in [0.29, 0.717) is 0 Å². The molecule has 28 heavy (non-hydrogen) atoms. The molecule has 2 heteroatoms. The van der Waals surface area contributed by atoms with Gasteiger partial charge in [0.2, 0.25) is 0 Å². The Morgan fingerprint density at radius 1 is 0.714 bits per heavy atom. The minimum Gasteiger partial charge on any atom is -0.497 e. The highest BCUT2D eigenvalue weighted by Gasteiger charge is 2.34.